The lowest BCUT2D eigenvalue weighted by Crippen LogP contribution is -2.30. The van der Waals surface area contributed by atoms with Crippen molar-refractivity contribution in [1.29, 1.82) is 0 Å². The van der Waals surface area contributed by atoms with Crippen molar-refractivity contribution in [2.75, 3.05) is 6.54 Å². The SMILES string of the molecule is Cc1ccc(CCCN2C(=O)c3ccccc3C2=O)cc1C. The summed E-state index contributed by atoms with van der Waals surface area (Å²) >= 11 is 0. The maximum atomic E-state index is 12.3. The summed E-state index contributed by atoms with van der Waals surface area (Å²) in [5.74, 6) is -0.332. The number of carbonyl (C=O) groups excluding carboxylic acids is 2. The van der Waals surface area contributed by atoms with Crippen LogP contribution < -0.4 is 0 Å². The summed E-state index contributed by atoms with van der Waals surface area (Å²) in [6.07, 6.45) is 1.66. The van der Waals surface area contributed by atoms with Crippen LogP contribution in [-0.2, 0) is 6.42 Å². The fourth-order valence-electron chi connectivity index (χ4n) is 2.84. The molecule has 0 radical (unpaired) electrons. The molecule has 1 aliphatic heterocycles. The lowest BCUT2D eigenvalue weighted by molar-refractivity contribution is 0.0652. The van der Waals surface area contributed by atoms with Crippen molar-refractivity contribution in [3.05, 3.63) is 70.3 Å². The second-order valence-electron chi connectivity index (χ2n) is 5.83. The zero-order chi connectivity index (χ0) is 15.7. The van der Waals surface area contributed by atoms with Gasteiger partial charge in [0.15, 0.2) is 0 Å². The third kappa shape index (κ3) is 2.54. The van der Waals surface area contributed by atoms with E-state index in [-0.39, 0.29) is 11.8 Å². The minimum absolute atomic E-state index is 0.166. The molecule has 0 bridgehead atoms. The number of hydrogen-bond donors (Lipinski definition) is 0. The van der Waals surface area contributed by atoms with Crippen molar-refractivity contribution < 1.29 is 9.59 Å². The van der Waals surface area contributed by atoms with E-state index in [1.54, 1.807) is 24.3 Å². The fourth-order valence-corrected chi connectivity index (χ4v) is 2.84. The molecule has 0 spiro atoms. The normalized spacial score (nSPS) is 13.6. The smallest absolute Gasteiger partial charge is 0.261 e. The van der Waals surface area contributed by atoms with Crippen molar-refractivity contribution in [1.82, 2.24) is 4.90 Å². The van der Waals surface area contributed by atoms with Gasteiger partial charge in [0.05, 0.1) is 11.1 Å². The topological polar surface area (TPSA) is 37.4 Å². The third-order valence-electron chi connectivity index (χ3n) is 4.30. The number of imide groups is 1. The van der Waals surface area contributed by atoms with Gasteiger partial charge in [-0.25, -0.2) is 0 Å². The van der Waals surface area contributed by atoms with Crippen molar-refractivity contribution in [3.8, 4) is 0 Å². The summed E-state index contributed by atoms with van der Waals surface area (Å²) in [7, 11) is 0. The van der Waals surface area contributed by atoms with Gasteiger partial charge in [0.1, 0.15) is 0 Å². The largest absolute Gasteiger partial charge is 0.274 e. The van der Waals surface area contributed by atoms with E-state index in [9.17, 15) is 9.59 Å². The van der Waals surface area contributed by atoms with E-state index in [2.05, 4.69) is 32.0 Å². The number of fused-ring (bicyclic) bond motifs is 1. The van der Waals surface area contributed by atoms with Gasteiger partial charge in [-0.2, -0.15) is 0 Å². The molecule has 2 amide bonds. The number of amides is 2. The van der Waals surface area contributed by atoms with E-state index >= 15 is 0 Å². The number of carbonyl (C=O) groups is 2. The second kappa shape index (κ2) is 5.76. The molecule has 22 heavy (non-hydrogen) atoms. The number of rotatable bonds is 4. The molecule has 0 N–H and O–H groups in total. The van der Waals surface area contributed by atoms with Gasteiger partial charge < -0.3 is 0 Å². The first-order chi connectivity index (χ1) is 10.6. The van der Waals surface area contributed by atoms with Gasteiger partial charge in [0.2, 0.25) is 0 Å². The Morgan fingerprint density at radius 1 is 0.864 bits per heavy atom. The molecule has 0 saturated carbocycles. The van der Waals surface area contributed by atoms with E-state index in [1.807, 2.05) is 0 Å². The van der Waals surface area contributed by atoms with Crippen molar-refractivity contribution in [3.63, 3.8) is 0 Å². The molecule has 0 fully saturated rings. The summed E-state index contributed by atoms with van der Waals surface area (Å²) in [6, 6.07) is 13.4. The molecule has 0 aliphatic carbocycles. The van der Waals surface area contributed by atoms with Gasteiger partial charge in [-0.15, -0.1) is 0 Å². The molecule has 2 aromatic carbocycles. The van der Waals surface area contributed by atoms with Crippen LogP contribution in [0.15, 0.2) is 42.5 Å². The Balaban J connectivity index is 1.64. The highest BCUT2D eigenvalue weighted by molar-refractivity contribution is 6.21. The van der Waals surface area contributed by atoms with Crippen LogP contribution in [0.5, 0.6) is 0 Å². The lowest BCUT2D eigenvalue weighted by atomic mass is 10.0. The molecular formula is C19H19NO2. The maximum Gasteiger partial charge on any atom is 0.261 e. The Kier molecular flexibility index (Phi) is 3.80. The lowest BCUT2D eigenvalue weighted by Gasteiger charge is -2.13. The average Bonchev–Trinajstić information content (AvgIpc) is 2.76. The molecule has 3 nitrogen and oxygen atoms in total. The van der Waals surface area contributed by atoms with Crippen LogP contribution in [0.3, 0.4) is 0 Å². The number of benzene rings is 2. The minimum Gasteiger partial charge on any atom is -0.274 e. The monoisotopic (exact) mass is 293 g/mol. The summed E-state index contributed by atoms with van der Waals surface area (Å²) in [5.41, 5.74) is 4.86. The summed E-state index contributed by atoms with van der Waals surface area (Å²) in [6.45, 7) is 4.67. The molecule has 0 unspecified atom stereocenters. The summed E-state index contributed by atoms with van der Waals surface area (Å²) in [5, 5.41) is 0. The molecule has 3 rings (SSSR count). The molecule has 2 aromatic rings. The number of hydrogen-bond acceptors (Lipinski definition) is 2. The van der Waals surface area contributed by atoms with E-state index < -0.39 is 0 Å². The van der Waals surface area contributed by atoms with Crippen molar-refractivity contribution >= 4 is 11.8 Å². The van der Waals surface area contributed by atoms with Crippen LogP contribution in [0.2, 0.25) is 0 Å². The number of aryl methyl sites for hydroxylation is 3. The minimum atomic E-state index is -0.166. The van der Waals surface area contributed by atoms with Crippen molar-refractivity contribution in [2.45, 2.75) is 26.7 Å². The summed E-state index contributed by atoms with van der Waals surface area (Å²) < 4.78 is 0. The van der Waals surface area contributed by atoms with Gasteiger partial charge in [0, 0.05) is 6.54 Å². The quantitative estimate of drug-likeness (QED) is 0.809. The highest BCUT2D eigenvalue weighted by atomic mass is 16.2. The van der Waals surface area contributed by atoms with Gasteiger partial charge >= 0.3 is 0 Å². The van der Waals surface area contributed by atoms with Crippen LogP contribution in [0.25, 0.3) is 0 Å². The van der Waals surface area contributed by atoms with E-state index in [4.69, 9.17) is 0 Å². The van der Waals surface area contributed by atoms with Crippen LogP contribution in [0.4, 0.5) is 0 Å². The standard InChI is InChI=1S/C19H19NO2/c1-13-9-10-15(12-14(13)2)6-5-11-20-18(21)16-7-3-4-8-17(16)19(20)22/h3-4,7-10,12H,5-6,11H2,1-2H3. The van der Waals surface area contributed by atoms with E-state index in [0.717, 1.165) is 12.8 Å². The van der Waals surface area contributed by atoms with Gasteiger partial charge in [-0.1, -0.05) is 30.3 Å². The van der Waals surface area contributed by atoms with Gasteiger partial charge in [0.25, 0.3) is 11.8 Å². The molecule has 0 saturated heterocycles. The average molecular weight is 293 g/mol. The predicted molar refractivity (Wildman–Crippen MR) is 86.0 cm³/mol. The van der Waals surface area contributed by atoms with Crippen molar-refractivity contribution in [2.24, 2.45) is 0 Å². The first kappa shape index (κ1) is 14.5. The molecular weight excluding hydrogens is 274 g/mol. The second-order valence-corrected chi connectivity index (χ2v) is 5.83. The Bertz CT molecular complexity index is 714. The molecule has 112 valence electrons. The number of nitrogens with zero attached hydrogens (tertiary/aromatic N) is 1. The highest BCUT2D eigenvalue weighted by Gasteiger charge is 2.34. The van der Waals surface area contributed by atoms with E-state index in [0.29, 0.717) is 17.7 Å². The molecule has 1 heterocycles. The molecule has 0 aromatic heterocycles. The van der Waals surface area contributed by atoms with E-state index in [1.165, 1.54) is 21.6 Å². The Morgan fingerprint density at radius 3 is 2.09 bits per heavy atom. The van der Waals surface area contributed by atoms with Crippen LogP contribution in [-0.4, -0.2) is 23.3 Å². The Hall–Kier alpha value is -2.42. The highest BCUT2D eigenvalue weighted by Crippen LogP contribution is 2.22. The molecule has 3 heteroatoms. The summed E-state index contributed by atoms with van der Waals surface area (Å²) in [4.78, 5) is 25.9. The van der Waals surface area contributed by atoms with Crippen LogP contribution in [0, 0.1) is 13.8 Å². The zero-order valence-corrected chi connectivity index (χ0v) is 12.9. The maximum absolute atomic E-state index is 12.3. The predicted octanol–water partition coefficient (Wildman–Crippen LogP) is 3.53. The third-order valence-corrected chi connectivity index (χ3v) is 4.30. The Morgan fingerprint density at radius 2 is 1.50 bits per heavy atom. The first-order valence-corrected chi connectivity index (χ1v) is 7.59. The van der Waals surface area contributed by atoms with Crippen LogP contribution in [0.1, 0.15) is 43.8 Å². The Labute approximate surface area is 130 Å². The van der Waals surface area contributed by atoms with Crippen LogP contribution >= 0.6 is 0 Å². The molecule has 1 aliphatic rings. The van der Waals surface area contributed by atoms with Gasteiger partial charge in [-0.05, 0) is 55.5 Å². The fraction of sp³-hybridized carbons (Fsp3) is 0.263. The zero-order valence-electron chi connectivity index (χ0n) is 12.9. The molecule has 0 atom stereocenters. The van der Waals surface area contributed by atoms with Gasteiger partial charge in [-0.3, -0.25) is 14.5 Å². The first-order valence-electron chi connectivity index (χ1n) is 7.59.